The van der Waals surface area contributed by atoms with Crippen LogP contribution in [0.25, 0.3) is 0 Å². The average Bonchev–Trinajstić information content (AvgIpc) is 3.17. The fraction of sp³-hybridized carbons (Fsp3) is 0.500. The van der Waals surface area contributed by atoms with Crippen molar-refractivity contribution in [3.8, 4) is 0 Å². The van der Waals surface area contributed by atoms with Crippen molar-refractivity contribution in [1.29, 1.82) is 0 Å². The Balaban J connectivity index is 1.70. The quantitative estimate of drug-likeness (QED) is 0.925. The number of benzene rings is 1. The molecule has 1 fully saturated rings. The smallest absolute Gasteiger partial charge is 0.0755 e. The molecule has 2 aliphatic rings. The van der Waals surface area contributed by atoms with E-state index in [9.17, 15) is 0 Å². The molecule has 1 atom stereocenters. The normalized spacial score (nSPS) is 21.2. The van der Waals surface area contributed by atoms with Crippen molar-refractivity contribution in [1.82, 2.24) is 15.1 Å². The summed E-state index contributed by atoms with van der Waals surface area (Å²) in [5, 5.41) is 8.00. The Morgan fingerprint density at radius 1 is 1.32 bits per heavy atom. The largest absolute Gasteiger partial charge is 0.364 e. The van der Waals surface area contributed by atoms with E-state index in [1.165, 1.54) is 29.7 Å². The molecule has 4 rings (SSSR count). The summed E-state index contributed by atoms with van der Waals surface area (Å²) in [5.41, 5.74) is 7.25. The Kier molecular flexibility index (Phi) is 3.41. The molecule has 0 amide bonds. The number of hydrogen-bond acceptors (Lipinski definition) is 3. The molecular weight excluding hydrogens is 272 g/mol. The first-order valence-corrected chi connectivity index (χ1v) is 8.30. The summed E-state index contributed by atoms with van der Waals surface area (Å²) in [6, 6.07) is 5.32. The predicted octanol–water partition coefficient (Wildman–Crippen LogP) is 2.72. The van der Waals surface area contributed by atoms with Gasteiger partial charge in [0.25, 0.3) is 0 Å². The van der Waals surface area contributed by atoms with Gasteiger partial charge >= 0.3 is 0 Å². The summed E-state index contributed by atoms with van der Waals surface area (Å²) in [6.07, 6.45) is 7.79. The van der Waals surface area contributed by atoms with Gasteiger partial charge in [-0.05, 0) is 49.4 Å². The molecule has 3 heterocycles. The van der Waals surface area contributed by atoms with Crippen LogP contribution >= 0.6 is 0 Å². The summed E-state index contributed by atoms with van der Waals surface area (Å²) in [5.74, 6) is 0. The second kappa shape index (κ2) is 5.43. The minimum atomic E-state index is 0.544. The van der Waals surface area contributed by atoms with Crippen LogP contribution < -0.4 is 10.2 Å². The maximum atomic E-state index is 4.32. The third-order valence-electron chi connectivity index (χ3n) is 5.01. The number of fused-ring (bicyclic) bond motifs is 1. The maximum Gasteiger partial charge on any atom is 0.0755 e. The lowest BCUT2D eigenvalue weighted by molar-refractivity contribution is 0.624. The summed E-state index contributed by atoms with van der Waals surface area (Å²) in [6.45, 7) is 5.47. The van der Waals surface area contributed by atoms with Crippen LogP contribution in [-0.2, 0) is 20.0 Å². The molecule has 1 aromatic carbocycles. The second-order valence-corrected chi connectivity index (χ2v) is 6.68. The van der Waals surface area contributed by atoms with Gasteiger partial charge in [-0.25, -0.2) is 0 Å². The van der Waals surface area contributed by atoms with Crippen LogP contribution in [0.4, 0.5) is 5.69 Å². The lowest BCUT2D eigenvalue weighted by atomic mass is 9.89. The van der Waals surface area contributed by atoms with Gasteiger partial charge in [0.15, 0.2) is 0 Å². The summed E-state index contributed by atoms with van der Waals surface area (Å²) in [7, 11) is 1.98. The Hall–Kier alpha value is -1.81. The number of hydrogen-bond donors (Lipinski definition) is 1. The molecule has 1 saturated heterocycles. The number of nitrogens with one attached hydrogen (secondary N) is 1. The average molecular weight is 296 g/mol. The highest BCUT2D eigenvalue weighted by atomic mass is 15.3. The third-order valence-corrected chi connectivity index (χ3v) is 5.01. The molecular formula is C18H24N4. The molecule has 2 aromatic rings. The van der Waals surface area contributed by atoms with Crippen LogP contribution in [0, 0.1) is 6.92 Å². The minimum absolute atomic E-state index is 0.544. The van der Waals surface area contributed by atoms with Crippen LogP contribution in [-0.4, -0.2) is 22.9 Å². The maximum absolute atomic E-state index is 4.32. The molecule has 4 nitrogen and oxygen atoms in total. The van der Waals surface area contributed by atoms with Gasteiger partial charge in [-0.15, -0.1) is 0 Å². The highest BCUT2D eigenvalue weighted by Crippen LogP contribution is 2.33. The number of nitrogens with zero attached hydrogens (tertiary/aromatic N) is 3. The van der Waals surface area contributed by atoms with Crippen molar-refractivity contribution >= 4 is 5.69 Å². The molecule has 0 unspecified atom stereocenters. The van der Waals surface area contributed by atoms with E-state index in [1.54, 1.807) is 11.1 Å². The minimum Gasteiger partial charge on any atom is -0.364 e. The van der Waals surface area contributed by atoms with Crippen molar-refractivity contribution in [2.24, 2.45) is 7.05 Å². The van der Waals surface area contributed by atoms with E-state index in [4.69, 9.17) is 0 Å². The van der Waals surface area contributed by atoms with Gasteiger partial charge in [0, 0.05) is 32.4 Å². The standard InChI is InChI=1S/C18H24N4/c1-13-8-14-5-7-22(15-10-20-21(2)11-15)12-17(14)16(9-13)18-4-3-6-19-18/h8-11,18-19H,3-7,12H2,1-2H3/t18-/m0/s1. The zero-order chi connectivity index (χ0) is 15.1. The first-order chi connectivity index (χ1) is 10.7. The van der Waals surface area contributed by atoms with Crippen molar-refractivity contribution in [2.45, 2.75) is 38.8 Å². The fourth-order valence-corrected chi connectivity index (χ4v) is 3.92. The van der Waals surface area contributed by atoms with E-state index < -0.39 is 0 Å². The van der Waals surface area contributed by atoms with Crippen molar-refractivity contribution < 1.29 is 0 Å². The van der Waals surface area contributed by atoms with Gasteiger partial charge in [-0.1, -0.05) is 17.7 Å². The first-order valence-electron chi connectivity index (χ1n) is 8.30. The molecule has 0 aliphatic carbocycles. The van der Waals surface area contributed by atoms with Gasteiger partial charge in [0.1, 0.15) is 0 Å². The van der Waals surface area contributed by atoms with Gasteiger partial charge < -0.3 is 10.2 Å². The number of rotatable bonds is 2. The fourth-order valence-electron chi connectivity index (χ4n) is 3.92. The Morgan fingerprint density at radius 2 is 2.23 bits per heavy atom. The Bertz CT molecular complexity index is 682. The van der Waals surface area contributed by atoms with E-state index >= 15 is 0 Å². The van der Waals surface area contributed by atoms with Gasteiger partial charge in [0.2, 0.25) is 0 Å². The van der Waals surface area contributed by atoms with E-state index in [1.807, 2.05) is 17.9 Å². The number of aryl methyl sites for hydroxylation is 2. The molecule has 0 saturated carbocycles. The van der Waals surface area contributed by atoms with Gasteiger partial charge in [-0.3, -0.25) is 4.68 Å². The molecule has 116 valence electrons. The molecule has 0 bridgehead atoms. The zero-order valence-electron chi connectivity index (χ0n) is 13.5. The molecule has 2 aliphatic heterocycles. The highest BCUT2D eigenvalue weighted by Gasteiger charge is 2.25. The van der Waals surface area contributed by atoms with E-state index in [0.717, 1.165) is 26.1 Å². The summed E-state index contributed by atoms with van der Waals surface area (Å²) >= 11 is 0. The predicted molar refractivity (Wildman–Crippen MR) is 89.1 cm³/mol. The second-order valence-electron chi connectivity index (χ2n) is 6.68. The lowest BCUT2D eigenvalue weighted by Crippen LogP contribution is -2.32. The summed E-state index contributed by atoms with van der Waals surface area (Å²) in [4.78, 5) is 2.46. The van der Waals surface area contributed by atoms with Crippen LogP contribution in [0.1, 0.15) is 41.1 Å². The number of anilines is 1. The van der Waals surface area contributed by atoms with Crippen LogP contribution in [0.2, 0.25) is 0 Å². The lowest BCUT2D eigenvalue weighted by Gasteiger charge is -2.32. The first kappa shape index (κ1) is 13.8. The SMILES string of the molecule is Cc1cc2c(c([C@@H]3CCCN3)c1)CN(c1cnn(C)c1)CC2. The van der Waals surface area contributed by atoms with E-state index in [-0.39, 0.29) is 0 Å². The van der Waals surface area contributed by atoms with Gasteiger partial charge in [0.05, 0.1) is 11.9 Å². The molecule has 1 aromatic heterocycles. The van der Waals surface area contributed by atoms with E-state index in [0.29, 0.717) is 6.04 Å². The molecule has 22 heavy (non-hydrogen) atoms. The Morgan fingerprint density at radius 3 is 2.95 bits per heavy atom. The monoisotopic (exact) mass is 296 g/mol. The van der Waals surface area contributed by atoms with Gasteiger partial charge in [-0.2, -0.15) is 5.10 Å². The van der Waals surface area contributed by atoms with Crippen LogP contribution in [0.15, 0.2) is 24.5 Å². The zero-order valence-corrected chi connectivity index (χ0v) is 13.5. The molecule has 4 heteroatoms. The van der Waals surface area contributed by atoms with Crippen molar-refractivity contribution in [3.63, 3.8) is 0 Å². The molecule has 1 N–H and O–H groups in total. The Labute approximate surface area is 132 Å². The molecule has 0 radical (unpaired) electrons. The third kappa shape index (κ3) is 2.41. The topological polar surface area (TPSA) is 33.1 Å². The van der Waals surface area contributed by atoms with Crippen LogP contribution in [0.3, 0.4) is 0 Å². The van der Waals surface area contributed by atoms with Crippen molar-refractivity contribution in [2.75, 3.05) is 18.0 Å². The highest BCUT2D eigenvalue weighted by molar-refractivity contribution is 5.50. The summed E-state index contributed by atoms with van der Waals surface area (Å²) < 4.78 is 1.89. The number of aromatic nitrogens is 2. The van der Waals surface area contributed by atoms with E-state index in [2.05, 4.69) is 40.6 Å². The van der Waals surface area contributed by atoms with Crippen LogP contribution in [0.5, 0.6) is 0 Å². The molecule has 0 spiro atoms. The van der Waals surface area contributed by atoms with Crippen molar-refractivity contribution in [3.05, 3.63) is 46.8 Å².